The Labute approximate surface area is 131 Å². The lowest BCUT2D eigenvalue weighted by Gasteiger charge is -2.05. The summed E-state index contributed by atoms with van der Waals surface area (Å²) < 4.78 is 0. The van der Waals surface area contributed by atoms with E-state index in [4.69, 9.17) is 5.11 Å². The predicted molar refractivity (Wildman–Crippen MR) is 86.5 cm³/mol. The Balaban J connectivity index is 2.15. The lowest BCUT2D eigenvalue weighted by molar-refractivity contribution is -0.146. The van der Waals surface area contributed by atoms with Gasteiger partial charge in [0.2, 0.25) is 0 Å². The van der Waals surface area contributed by atoms with Crippen LogP contribution >= 0.6 is 0 Å². The van der Waals surface area contributed by atoms with Crippen LogP contribution < -0.4 is 0 Å². The fraction of sp³-hybridized carbons (Fsp3) is 0. The molecule has 2 heterocycles. The van der Waals surface area contributed by atoms with Crippen LogP contribution in [-0.2, 0) is 9.59 Å². The molecule has 0 aliphatic rings. The molecule has 1 aromatic carbocycles. The summed E-state index contributed by atoms with van der Waals surface area (Å²) in [4.78, 5) is 31.6. The van der Waals surface area contributed by atoms with Gasteiger partial charge in [-0.15, -0.1) is 0 Å². The number of nitrogens with zero attached hydrogens (tertiary/aromatic N) is 2. The van der Waals surface area contributed by atoms with Gasteiger partial charge in [-0.25, -0.2) is 9.78 Å². The molecule has 2 aromatic heterocycles. The molecule has 0 atom stereocenters. The van der Waals surface area contributed by atoms with Crippen molar-refractivity contribution in [1.82, 2.24) is 9.97 Å². The minimum absolute atomic E-state index is 0.0243. The number of hydrogen-bond acceptors (Lipinski definition) is 4. The zero-order valence-corrected chi connectivity index (χ0v) is 12.0. The molecular formula is C18H12N2O3. The van der Waals surface area contributed by atoms with Crippen molar-refractivity contribution in [3.05, 3.63) is 72.2 Å². The molecule has 3 aromatic rings. The maximum Gasteiger partial charge on any atom is 0.377 e. The number of aliphatic carboxylic acids is 1. The van der Waals surface area contributed by atoms with Crippen LogP contribution in [0.4, 0.5) is 0 Å². The number of rotatable bonds is 4. The second kappa shape index (κ2) is 6.19. The van der Waals surface area contributed by atoms with Gasteiger partial charge in [0, 0.05) is 17.8 Å². The molecule has 0 amide bonds. The number of para-hydroxylation sites is 1. The van der Waals surface area contributed by atoms with E-state index in [0.29, 0.717) is 16.8 Å². The van der Waals surface area contributed by atoms with Gasteiger partial charge >= 0.3 is 5.97 Å². The fourth-order valence-electron chi connectivity index (χ4n) is 2.22. The van der Waals surface area contributed by atoms with Crippen molar-refractivity contribution in [2.75, 3.05) is 0 Å². The van der Waals surface area contributed by atoms with Crippen molar-refractivity contribution >= 4 is 34.3 Å². The van der Waals surface area contributed by atoms with Crippen molar-refractivity contribution in [2.45, 2.75) is 0 Å². The van der Waals surface area contributed by atoms with Crippen molar-refractivity contribution in [1.29, 1.82) is 0 Å². The van der Waals surface area contributed by atoms with Gasteiger partial charge in [0.05, 0.1) is 16.8 Å². The van der Waals surface area contributed by atoms with Gasteiger partial charge in [-0.3, -0.25) is 9.78 Å². The lowest BCUT2D eigenvalue weighted by atomic mass is 10.0. The second-order valence-corrected chi connectivity index (χ2v) is 4.87. The number of Topliss-reactive ketones (excluding diaryl/α,β-unsaturated/α-hetero) is 1. The summed E-state index contributed by atoms with van der Waals surface area (Å²) in [5.41, 5.74) is 1.67. The molecule has 0 unspecified atom stereocenters. The van der Waals surface area contributed by atoms with Crippen LogP contribution in [0.5, 0.6) is 0 Å². The van der Waals surface area contributed by atoms with E-state index in [1.54, 1.807) is 30.6 Å². The highest BCUT2D eigenvalue weighted by molar-refractivity contribution is 6.52. The molecule has 5 nitrogen and oxygen atoms in total. The van der Waals surface area contributed by atoms with E-state index in [9.17, 15) is 9.59 Å². The van der Waals surface area contributed by atoms with Crippen LogP contribution in [0.25, 0.3) is 22.6 Å². The number of carbonyl (C=O) groups excluding carboxylic acids is 1. The topological polar surface area (TPSA) is 80.1 Å². The Morgan fingerprint density at radius 3 is 2.57 bits per heavy atom. The van der Waals surface area contributed by atoms with E-state index in [-0.39, 0.29) is 5.57 Å². The van der Waals surface area contributed by atoms with Crippen molar-refractivity contribution in [2.24, 2.45) is 0 Å². The number of fused-ring (bicyclic) bond motifs is 1. The van der Waals surface area contributed by atoms with Crippen LogP contribution in [0.1, 0.15) is 11.3 Å². The van der Waals surface area contributed by atoms with Gasteiger partial charge in [0.1, 0.15) is 0 Å². The fourth-order valence-corrected chi connectivity index (χ4v) is 2.22. The van der Waals surface area contributed by atoms with E-state index in [1.807, 2.05) is 30.3 Å². The highest BCUT2D eigenvalue weighted by Gasteiger charge is 2.20. The zero-order valence-electron chi connectivity index (χ0n) is 12.0. The normalized spacial score (nSPS) is 11.4. The van der Waals surface area contributed by atoms with Gasteiger partial charge < -0.3 is 5.11 Å². The van der Waals surface area contributed by atoms with E-state index < -0.39 is 11.8 Å². The van der Waals surface area contributed by atoms with Crippen LogP contribution in [0, 0.1) is 0 Å². The highest BCUT2D eigenvalue weighted by atomic mass is 16.4. The molecule has 1 N–H and O–H groups in total. The van der Waals surface area contributed by atoms with Crippen LogP contribution in [0.2, 0.25) is 0 Å². The molecule has 5 heteroatoms. The number of benzene rings is 1. The molecule has 23 heavy (non-hydrogen) atoms. The van der Waals surface area contributed by atoms with Crippen molar-refractivity contribution < 1.29 is 14.7 Å². The molecule has 0 saturated heterocycles. The summed E-state index contributed by atoms with van der Waals surface area (Å²) in [5, 5.41) is 9.99. The standard InChI is InChI=1S/C18H12N2O3/c21-17(18(22)23)14(10-12-4-3-9-19-11-12)16-8-7-13-5-1-2-6-15(13)20-16/h1-11H,(H,22,23)/b14-10+. The third-order valence-corrected chi connectivity index (χ3v) is 3.31. The molecule has 0 spiro atoms. The molecule has 3 rings (SSSR count). The zero-order chi connectivity index (χ0) is 16.2. The number of aromatic nitrogens is 2. The molecule has 112 valence electrons. The summed E-state index contributed by atoms with van der Waals surface area (Å²) >= 11 is 0. The summed E-state index contributed by atoms with van der Waals surface area (Å²) in [5.74, 6) is -2.52. The Morgan fingerprint density at radius 1 is 1.00 bits per heavy atom. The number of hydrogen-bond donors (Lipinski definition) is 1. The van der Waals surface area contributed by atoms with Gasteiger partial charge in [-0.2, -0.15) is 0 Å². The van der Waals surface area contributed by atoms with E-state index in [1.165, 1.54) is 6.08 Å². The minimum Gasteiger partial charge on any atom is -0.475 e. The van der Waals surface area contributed by atoms with Crippen molar-refractivity contribution in [3.8, 4) is 0 Å². The van der Waals surface area contributed by atoms with E-state index >= 15 is 0 Å². The summed E-state index contributed by atoms with van der Waals surface area (Å²) in [6.07, 6.45) is 4.64. The summed E-state index contributed by atoms with van der Waals surface area (Å²) in [7, 11) is 0. The number of carboxylic acids is 1. The second-order valence-electron chi connectivity index (χ2n) is 4.87. The van der Waals surface area contributed by atoms with Crippen LogP contribution in [0.15, 0.2) is 60.9 Å². The summed E-state index contributed by atoms with van der Waals surface area (Å²) in [6, 6.07) is 14.3. The minimum atomic E-state index is -1.52. The largest absolute Gasteiger partial charge is 0.475 e. The monoisotopic (exact) mass is 304 g/mol. The third kappa shape index (κ3) is 3.13. The van der Waals surface area contributed by atoms with Gasteiger partial charge in [0.15, 0.2) is 0 Å². The Hall–Kier alpha value is -3.34. The first-order valence-corrected chi connectivity index (χ1v) is 6.90. The van der Waals surface area contributed by atoms with E-state index in [2.05, 4.69) is 9.97 Å². The maximum absolute atomic E-state index is 12.1. The van der Waals surface area contributed by atoms with E-state index in [0.717, 1.165) is 5.39 Å². The molecule has 0 saturated carbocycles. The molecule has 0 aliphatic carbocycles. The predicted octanol–water partition coefficient (Wildman–Crippen LogP) is 2.82. The first-order chi connectivity index (χ1) is 11.1. The Morgan fingerprint density at radius 2 is 1.83 bits per heavy atom. The quantitative estimate of drug-likeness (QED) is 0.592. The molecule has 0 fully saturated rings. The average molecular weight is 304 g/mol. The van der Waals surface area contributed by atoms with Gasteiger partial charge in [0.25, 0.3) is 5.78 Å². The molecule has 0 bridgehead atoms. The van der Waals surface area contributed by atoms with Crippen molar-refractivity contribution in [3.63, 3.8) is 0 Å². The molecular weight excluding hydrogens is 292 g/mol. The Bertz CT molecular complexity index is 918. The first kappa shape index (κ1) is 14.6. The number of pyridine rings is 2. The number of carboxylic acid groups (broad SMARTS) is 1. The summed E-state index contributed by atoms with van der Waals surface area (Å²) in [6.45, 7) is 0. The first-order valence-electron chi connectivity index (χ1n) is 6.90. The molecule has 0 aliphatic heterocycles. The third-order valence-electron chi connectivity index (χ3n) is 3.31. The SMILES string of the molecule is O=C(O)C(=O)/C(=C/c1cccnc1)c1ccc2ccccc2n1. The Kier molecular flexibility index (Phi) is 3.93. The lowest BCUT2D eigenvalue weighted by Crippen LogP contribution is -2.15. The van der Waals surface area contributed by atoms with Gasteiger partial charge in [-0.1, -0.05) is 30.3 Å². The smallest absolute Gasteiger partial charge is 0.377 e. The van der Waals surface area contributed by atoms with Gasteiger partial charge in [-0.05, 0) is 29.8 Å². The average Bonchev–Trinajstić information content (AvgIpc) is 2.59. The van der Waals surface area contributed by atoms with Crippen LogP contribution in [0.3, 0.4) is 0 Å². The number of carbonyl (C=O) groups is 2. The highest BCUT2D eigenvalue weighted by Crippen LogP contribution is 2.21. The van der Waals surface area contributed by atoms with Crippen LogP contribution in [-0.4, -0.2) is 26.8 Å². The molecule has 0 radical (unpaired) electrons. The maximum atomic E-state index is 12.1. The number of ketones is 1.